The highest BCUT2D eigenvalue weighted by molar-refractivity contribution is 7.92. The summed E-state index contributed by atoms with van der Waals surface area (Å²) in [4.78, 5) is 30.7. The number of amides is 1. The number of aryl methyl sites for hydroxylation is 1. The number of aromatic nitrogens is 2. The maximum atomic E-state index is 13.9. The van der Waals surface area contributed by atoms with Crippen molar-refractivity contribution in [1.29, 1.82) is 0 Å². The molecule has 16 heteroatoms. The van der Waals surface area contributed by atoms with Gasteiger partial charge in [0.05, 0.1) is 22.7 Å². The van der Waals surface area contributed by atoms with Crippen LogP contribution in [-0.4, -0.2) is 80.2 Å². The van der Waals surface area contributed by atoms with Gasteiger partial charge in [-0.25, -0.2) is 14.4 Å². The molecule has 1 saturated heterocycles. The van der Waals surface area contributed by atoms with Crippen LogP contribution in [0.3, 0.4) is 0 Å². The standard InChI is InChI=1S/C26H29F4N5O2S.C16H13ClN2O/c1-17-8-9-18(27)16-19(17)24-20(26(28,29)30)10-11-21(31-24)33-38(36,37)23-7-5-6-22(32-23)34-12-14-35(15-13-34)25(2,3)4;1-19-14-8-7-12(17)9-13(14)16(18-10-15(19)20)11-5-3-2-4-6-11/h5-11,16H,12-15H2,1-4H3,(H,31,33);2-9H,10H2,1H3. The van der Waals surface area contributed by atoms with Gasteiger partial charge in [-0.1, -0.05) is 54.1 Å². The van der Waals surface area contributed by atoms with Crippen LogP contribution in [0.4, 0.5) is 34.9 Å². The predicted molar refractivity (Wildman–Crippen MR) is 220 cm³/mol. The molecular weight excluding hydrogens is 794 g/mol. The number of hydrogen-bond donors (Lipinski definition) is 1. The van der Waals surface area contributed by atoms with Crippen LogP contribution in [0.15, 0.2) is 107 Å². The van der Waals surface area contributed by atoms with E-state index in [2.05, 4.69) is 45.4 Å². The van der Waals surface area contributed by atoms with E-state index in [0.717, 1.165) is 59.9 Å². The number of sulfonamides is 1. The summed E-state index contributed by atoms with van der Waals surface area (Å²) in [5.41, 5.74) is 2.11. The first-order valence-corrected chi connectivity index (χ1v) is 20.2. The van der Waals surface area contributed by atoms with E-state index in [9.17, 15) is 30.8 Å². The Hall–Kier alpha value is -5.38. The number of carbonyl (C=O) groups is 1. The van der Waals surface area contributed by atoms with Crippen molar-refractivity contribution in [3.63, 3.8) is 0 Å². The van der Waals surface area contributed by atoms with Crippen molar-refractivity contribution in [1.82, 2.24) is 14.9 Å². The topological polar surface area (TPSA) is 111 Å². The summed E-state index contributed by atoms with van der Waals surface area (Å²) in [6.45, 7) is 11.0. The fourth-order valence-corrected chi connectivity index (χ4v) is 7.77. The molecule has 4 heterocycles. The summed E-state index contributed by atoms with van der Waals surface area (Å²) in [6.07, 6.45) is -4.79. The summed E-state index contributed by atoms with van der Waals surface area (Å²) in [5, 5.41) is 0.341. The SMILES string of the molecule is CN1C(=O)CN=C(c2ccccc2)c2cc(Cl)ccc21.Cc1ccc(F)cc1-c1nc(NS(=O)(=O)c2cccc(N3CCN(C(C)(C)C)CC3)n2)ccc1C(F)(F)F. The van der Waals surface area contributed by atoms with E-state index >= 15 is 0 Å². The molecule has 1 fully saturated rings. The second kappa shape index (κ2) is 16.8. The minimum Gasteiger partial charge on any atom is -0.354 e. The summed E-state index contributed by atoms with van der Waals surface area (Å²) in [7, 11) is -2.53. The predicted octanol–water partition coefficient (Wildman–Crippen LogP) is 8.49. The fourth-order valence-electron chi connectivity index (χ4n) is 6.63. The molecule has 3 aromatic carbocycles. The minimum absolute atomic E-state index is 0.0200. The van der Waals surface area contributed by atoms with Gasteiger partial charge in [-0.05, 0) is 87.9 Å². The molecule has 10 nitrogen and oxygen atoms in total. The lowest BCUT2D eigenvalue weighted by molar-refractivity contribution is -0.137. The summed E-state index contributed by atoms with van der Waals surface area (Å²) >= 11 is 6.11. The van der Waals surface area contributed by atoms with Gasteiger partial charge in [0, 0.05) is 60.5 Å². The molecule has 0 unspecified atom stereocenters. The van der Waals surface area contributed by atoms with Gasteiger partial charge >= 0.3 is 6.18 Å². The van der Waals surface area contributed by atoms with Crippen LogP contribution in [0.1, 0.15) is 43.0 Å². The zero-order valence-electron chi connectivity index (χ0n) is 32.5. The number of anilines is 3. The van der Waals surface area contributed by atoms with E-state index in [1.807, 2.05) is 47.4 Å². The number of hydrogen-bond acceptors (Lipinski definition) is 8. The average Bonchev–Trinajstić information content (AvgIpc) is 3.30. The molecule has 1 N–H and O–H groups in total. The van der Waals surface area contributed by atoms with Gasteiger partial charge in [0.15, 0.2) is 5.03 Å². The molecule has 0 atom stereocenters. The number of piperazine rings is 1. The number of nitrogens with zero attached hydrogens (tertiary/aromatic N) is 6. The van der Waals surface area contributed by atoms with E-state index in [1.54, 1.807) is 30.1 Å². The summed E-state index contributed by atoms with van der Waals surface area (Å²) < 4.78 is 83.6. The Labute approximate surface area is 340 Å². The molecule has 0 radical (unpaired) electrons. The number of aliphatic imine (C=N–C) groups is 1. The lowest BCUT2D eigenvalue weighted by atomic mass is 10.0. The van der Waals surface area contributed by atoms with Crippen molar-refractivity contribution in [3.8, 4) is 11.3 Å². The number of alkyl halides is 3. The number of halogens is 5. The normalized spacial score (nSPS) is 15.2. The molecule has 0 aliphatic carbocycles. The van der Waals surface area contributed by atoms with Crippen molar-refractivity contribution in [3.05, 3.63) is 130 Å². The van der Waals surface area contributed by atoms with Crippen molar-refractivity contribution in [2.75, 3.05) is 54.3 Å². The van der Waals surface area contributed by atoms with Crippen LogP contribution in [0, 0.1) is 12.7 Å². The number of pyridine rings is 2. The number of carbonyl (C=O) groups excluding carboxylic acids is 1. The highest BCUT2D eigenvalue weighted by Gasteiger charge is 2.36. The molecule has 2 aromatic heterocycles. The zero-order chi connectivity index (χ0) is 42.0. The fraction of sp³-hybridized carbons (Fsp3) is 0.286. The number of nitrogens with one attached hydrogen (secondary N) is 1. The molecular formula is C42H42ClF4N7O3S. The first-order chi connectivity index (χ1) is 27.3. The van der Waals surface area contributed by atoms with Crippen molar-refractivity contribution in [2.24, 2.45) is 4.99 Å². The smallest absolute Gasteiger partial charge is 0.354 e. The minimum atomic E-state index is -4.79. The lowest BCUT2D eigenvalue weighted by Gasteiger charge is -2.42. The third-order valence-corrected chi connectivity index (χ3v) is 11.3. The monoisotopic (exact) mass is 835 g/mol. The van der Waals surface area contributed by atoms with Crippen LogP contribution in [0.25, 0.3) is 11.3 Å². The van der Waals surface area contributed by atoms with Gasteiger partial charge in [-0.3, -0.25) is 19.4 Å². The van der Waals surface area contributed by atoms with Crippen molar-refractivity contribution < 1.29 is 30.8 Å². The third-order valence-electron chi connectivity index (χ3n) is 9.80. The maximum absolute atomic E-state index is 13.9. The van der Waals surface area contributed by atoms with E-state index in [0.29, 0.717) is 29.5 Å². The van der Waals surface area contributed by atoms with E-state index in [1.165, 1.54) is 19.1 Å². The highest BCUT2D eigenvalue weighted by Crippen LogP contribution is 2.38. The molecule has 0 spiro atoms. The van der Waals surface area contributed by atoms with Crippen LogP contribution in [0.2, 0.25) is 5.02 Å². The second-order valence-corrected chi connectivity index (χ2v) is 16.8. The van der Waals surface area contributed by atoms with Crippen LogP contribution >= 0.6 is 11.6 Å². The Balaban J connectivity index is 0.000000237. The molecule has 1 amide bonds. The lowest BCUT2D eigenvalue weighted by Crippen LogP contribution is -2.53. The number of benzene rings is 3. The summed E-state index contributed by atoms with van der Waals surface area (Å²) in [6, 6.07) is 25.0. The van der Waals surface area contributed by atoms with Gasteiger partial charge in [0.2, 0.25) is 5.91 Å². The Bertz CT molecular complexity index is 2450. The zero-order valence-corrected chi connectivity index (χ0v) is 34.1. The molecule has 2 aliphatic heterocycles. The average molecular weight is 836 g/mol. The first-order valence-electron chi connectivity index (χ1n) is 18.3. The van der Waals surface area contributed by atoms with Crippen molar-refractivity contribution in [2.45, 2.75) is 44.4 Å². The van der Waals surface area contributed by atoms with Crippen LogP contribution in [-0.2, 0) is 21.0 Å². The van der Waals surface area contributed by atoms with Crippen molar-refractivity contribution >= 4 is 50.6 Å². The molecule has 58 heavy (non-hydrogen) atoms. The van der Waals surface area contributed by atoms with Gasteiger partial charge < -0.3 is 9.80 Å². The quantitative estimate of drug-likeness (QED) is 0.171. The van der Waals surface area contributed by atoms with E-state index in [4.69, 9.17) is 11.6 Å². The van der Waals surface area contributed by atoms with Gasteiger partial charge in [0.25, 0.3) is 10.0 Å². The van der Waals surface area contributed by atoms with E-state index in [-0.39, 0.29) is 34.4 Å². The Morgan fingerprint density at radius 1 is 0.810 bits per heavy atom. The van der Waals surface area contributed by atoms with E-state index < -0.39 is 33.3 Å². The first kappa shape index (κ1) is 42.2. The largest absolute Gasteiger partial charge is 0.418 e. The van der Waals surface area contributed by atoms with Crippen LogP contribution < -0.4 is 14.5 Å². The number of likely N-dealkylation sites (N-methyl/N-ethyl adjacent to an activating group) is 1. The Kier molecular flexibility index (Phi) is 12.3. The van der Waals surface area contributed by atoms with Gasteiger partial charge in [-0.2, -0.15) is 21.6 Å². The second-order valence-electron chi connectivity index (χ2n) is 14.8. The van der Waals surface area contributed by atoms with Gasteiger partial charge in [-0.15, -0.1) is 0 Å². The molecule has 2 aliphatic rings. The molecule has 304 valence electrons. The number of rotatable bonds is 6. The molecule has 5 aromatic rings. The molecule has 7 rings (SSSR count). The van der Waals surface area contributed by atoms with Crippen LogP contribution in [0.5, 0.6) is 0 Å². The third kappa shape index (κ3) is 9.65. The highest BCUT2D eigenvalue weighted by atomic mass is 35.5. The van der Waals surface area contributed by atoms with Gasteiger partial charge in [0.1, 0.15) is 24.0 Å². The Morgan fingerprint density at radius 3 is 2.19 bits per heavy atom. The number of fused-ring (bicyclic) bond motifs is 1. The number of benzodiazepines with no additional fused rings is 1. The molecule has 0 saturated carbocycles. The molecule has 0 bridgehead atoms. The Morgan fingerprint density at radius 2 is 1.52 bits per heavy atom. The summed E-state index contributed by atoms with van der Waals surface area (Å²) in [5.74, 6) is -0.629. The maximum Gasteiger partial charge on any atom is 0.418 e.